The fourth-order valence-corrected chi connectivity index (χ4v) is 2.17. The van der Waals surface area contributed by atoms with Crippen LogP contribution in [0.1, 0.15) is 29.4 Å². The van der Waals surface area contributed by atoms with Gasteiger partial charge in [-0.2, -0.15) is 0 Å². The molecule has 0 fully saturated rings. The first-order chi connectivity index (χ1) is 11.2. The van der Waals surface area contributed by atoms with Crippen LogP contribution >= 0.6 is 0 Å². The Kier molecular flexibility index (Phi) is 6.41. The van der Waals surface area contributed by atoms with Crippen molar-refractivity contribution in [2.45, 2.75) is 19.8 Å². The molecule has 0 atom stereocenters. The van der Waals surface area contributed by atoms with E-state index in [1.807, 2.05) is 31.2 Å². The summed E-state index contributed by atoms with van der Waals surface area (Å²) in [5, 5.41) is 6.15. The van der Waals surface area contributed by atoms with Crippen LogP contribution in [0.3, 0.4) is 0 Å². The summed E-state index contributed by atoms with van der Waals surface area (Å²) in [4.78, 5) is 16.0. The van der Waals surface area contributed by atoms with Crippen molar-refractivity contribution in [1.29, 1.82) is 0 Å². The smallest absolute Gasteiger partial charge is 0.269 e. The number of hydrogen-bond donors (Lipinski definition) is 2. The topological polar surface area (TPSA) is 63.2 Å². The second-order valence-electron chi connectivity index (χ2n) is 5.21. The van der Waals surface area contributed by atoms with Gasteiger partial charge in [-0.1, -0.05) is 19.1 Å². The van der Waals surface area contributed by atoms with Gasteiger partial charge in [-0.25, -0.2) is 0 Å². The third-order valence-electron chi connectivity index (χ3n) is 3.41. The van der Waals surface area contributed by atoms with Crippen molar-refractivity contribution in [1.82, 2.24) is 10.3 Å². The van der Waals surface area contributed by atoms with Crippen molar-refractivity contribution < 1.29 is 9.53 Å². The molecule has 0 aliphatic heterocycles. The average molecular weight is 313 g/mol. The molecule has 0 aliphatic rings. The number of nitrogens with one attached hydrogen (secondary N) is 2. The summed E-state index contributed by atoms with van der Waals surface area (Å²) < 4.78 is 5.22. The van der Waals surface area contributed by atoms with Crippen molar-refractivity contribution >= 4 is 11.6 Å². The van der Waals surface area contributed by atoms with Gasteiger partial charge < -0.3 is 15.4 Å². The molecule has 0 saturated carbocycles. The Morgan fingerprint density at radius 1 is 1.22 bits per heavy atom. The van der Waals surface area contributed by atoms with Gasteiger partial charge in [0.15, 0.2) is 0 Å². The second kappa shape index (κ2) is 8.78. The Morgan fingerprint density at radius 2 is 2.09 bits per heavy atom. The molecule has 1 aromatic heterocycles. The van der Waals surface area contributed by atoms with Crippen LogP contribution < -0.4 is 15.4 Å². The lowest BCUT2D eigenvalue weighted by Crippen LogP contribution is -2.25. The number of carbonyl (C=O) groups is 1. The molecule has 0 radical (unpaired) electrons. The molecule has 1 heterocycles. The molecule has 0 spiro atoms. The van der Waals surface area contributed by atoms with E-state index in [1.54, 1.807) is 19.4 Å². The van der Waals surface area contributed by atoms with Gasteiger partial charge in [-0.15, -0.1) is 0 Å². The molecule has 2 N–H and O–H groups in total. The Morgan fingerprint density at radius 3 is 2.87 bits per heavy atom. The number of benzene rings is 1. The Bertz CT molecular complexity index is 644. The third-order valence-corrected chi connectivity index (χ3v) is 3.41. The highest BCUT2D eigenvalue weighted by Gasteiger charge is 2.06. The van der Waals surface area contributed by atoms with Gasteiger partial charge in [0.2, 0.25) is 0 Å². The molecule has 0 saturated heterocycles. The van der Waals surface area contributed by atoms with Crippen LogP contribution in [0.2, 0.25) is 0 Å². The van der Waals surface area contributed by atoms with E-state index in [4.69, 9.17) is 4.74 Å². The molecule has 0 aliphatic carbocycles. The number of pyridine rings is 1. The van der Waals surface area contributed by atoms with Gasteiger partial charge in [0.1, 0.15) is 11.4 Å². The zero-order chi connectivity index (χ0) is 16.5. The summed E-state index contributed by atoms with van der Waals surface area (Å²) in [6.45, 7) is 3.45. The molecule has 23 heavy (non-hydrogen) atoms. The number of carbonyl (C=O) groups excluding carboxylic acids is 1. The molecule has 5 nitrogen and oxygen atoms in total. The van der Waals surface area contributed by atoms with Gasteiger partial charge in [0.25, 0.3) is 5.91 Å². The van der Waals surface area contributed by atoms with Crippen molar-refractivity contribution in [3.8, 4) is 5.75 Å². The van der Waals surface area contributed by atoms with E-state index in [2.05, 4.69) is 21.7 Å². The van der Waals surface area contributed by atoms with Gasteiger partial charge in [0.05, 0.1) is 7.11 Å². The summed E-state index contributed by atoms with van der Waals surface area (Å²) in [5.41, 5.74) is 2.53. The number of methoxy groups -OCH3 is 1. The molecule has 0 unspecified atom stereocenters. The monoisotopic (exact) mass is 313 g/mol. The van der Waals surface area contributed by atoms with Crippen LogP contribution in [-0.2, 0) is 6.42 Å². The van der Waals surface area contributed by atoms with Crippen LogP contribution in [0.25, 0.3) is 0 Å². The molecular weight excluding hydrogens is 290 g/mol. The predicted molar refractivity (Wildman–Crippen MR) is 92.0 cm³/mol. The molecule has 2 rings (SSSR count). The molecule has 122 valence electrons. The zero-order valence-electron chi connectivity index (χ0n) is 13.6. The van der Waals surface area contributed by atoms with Crippen molar-refractivity contribution in [3.05, 3.63) is 53.9 Å². The van der Waals surface area contributed by atoms with Crippen molar-refractivity contribution in [2.24, 2.45) is 0 Å². The fourth-order valence-electron chi connectivity index (χ4n) is 2.17. The molecule has 2 aromatic rings. The van der Waals surface area contributed by atoms with Crippen LogP contribution in [0, 0.1) is 0 Å². The number of anilines is 1. The molecule has 5 heteroatoms. The molecule has 1 aromatic carbocycles. The number of nitrogens with zero attached hydrogens (tertiary/aromatic N) is 1. The molecule has 1 amide bonds. The van der Waals surface area contributed by atoms with Crippen LogP contribution in [0.4, 0.5) is 5.69 Å². The summed E-state index contributed by atoms with van der Waals surface area (Å²) in [6.07, 6.45) is 3.43. The van der Waals surface area contributed by atoms with Crippen molar-refractivity contribution in [3.63, 3.8) is 0 Å². The van der Waals surface area contributed by atoms with E-state index in [0.29, 0.717) is 12.2 Å². The highest BCUT2D eigenvalue weighted by atomic mass is 16.5. The van der Waals surface area contributed by atoms with Gasteiger partial charge in [-0.3, -0.25) is 9.78 Å². The third kappa shape index (κ3) is 5.29. The van der Waals surface area contributed by atoms with Gasteiger partial charge in [0, 0.05) is 25.0 Å². The Balaban J connectivity index is 1.89. The molecular formula is C18H23N3O2. The summed E-state index contributed by atoms with van der Waals surface area (Å²) in [7, 11) is 1.67. The van der Waals surface area contributed by atoms with E-state index in [-0.39, 0.29) is 5.91 Å². The first-order valence-corrected chi connectivity index (χ1v) is 7.84. The van der Waals surface area contributed by atoms with Crippen LogP contribution in [0.5, 0.6) is 5.75 Å². The van der Waals surface area contributed by atoms with E-state index in [0.717, 1.165) is 30.8 Å². The van der Waals surface area contributed by atoms with Crippen LogP contribution in [-0.4, -0.2) is 31.1 Å². The maximum atomic E-state index is 11.9. The quantitative estimate of drug-likeness (QED) is 0.786. The lowest BCUT2D eigenvalue weighted by atomic mass is 10.1. The average Bonchev–Trinajstić information content (AvgIpc) is 2.60. The SMILES string of the molecule is CCCNC(=O)c1cc(NCCc2cccc(OC)c2)ccn1. The highest BCUT2D eigenvalue weighted by molar-refractivity contribution is 5.93. The normalized spacial score (nSPS) is 10.2. The second-order valence-corrected chi connectivity index (χ2v) is 5.21. The predicted octanol–water partition coefficient (Wildman–Crippen LogP) is 2.88. The Hall–Kier alpha value is -2.56. The van der Waals surface area contributed by atoms with Gasteiger partial charge in [-0.05, 0) is 42.7 Å². The first kappa shape index (κ1) is 16.8. The minimum absolute atomic E-state index is 0.136. The fraction of sp³-hybridized carbons (Fsp3) is 0.333. The van der Waals surface area contributed by atoms with Gasteiger partial charge >= 0.3 is 0 Å². The molecule has 0 bridgehead atoms. The first-order valence-electron chi connectivity index (χ1n) is 7.84. The van der Waals surface area contributed by atoms with E-state index >= 15 is 0 Å². The standard InChI is InChI=1S/C18H23N3O2/c1-3-9-21-18(22)17-13-15(8-11-20-17)19-10-7-14-5-4-6-16(12-14)23-2/h4-6,8,11-13H,3,7,9-10H2,1-2H3,(H,19,20)(H,21,22). The van der Waals surface area contributed by atoms with E-state index < -0.39 is 0 Å². The lowest BCUT2D eigenvalue weighted by Gasteiger charge is -2.09. The summed E-state index contributed by atoms with van der Waals surface area (Å²) >= 11 is 0. The van der Waals surface area contributed by atoms with E-state index in [9.17, 15) is 4.79 Å². The summed E-state index contributed by atoms with van der Waals surface area (Å²) in [6, 6.07) is 11.6. The van der Waals surface area contributed by atoms with Crippen molar-refractivity contribution in [2.75, 3.05) is 25.5 Å². The van der Waals surface area contributed by atoms with E-state index in [1.165, 1.54) is 5.56 Å². The number of aromatic nitrogens is 1. The number of hydrogen-bond acceptors (Lipinski definition) is 4. The minimum Gasteiger partial charge on any atom is -0.497 e. The number of amides is 1. The number of rotatable bonds is 8. The maximum absolute atomic E-state index is 11.9. The minimum atomic E-state index is -0.136. The van der Waals surface area contributed by atoms with Crippen LogP contribution in [0.15, 0.2) is 42.6 Å². The lowest BCUT2D eigenvalue weighted by molar-refractivity contribution is 0.0948. The highest BCUT2D eigenvalue weighted by Crippen LogP contribution is 2.13. The summed E-state index contributed by atoms with van der Waals surface area (Å²) in [5.74, 6) is 0.726. The zero-order valence-corrected chi connectivity index (χ0v) is 13.6. The maximum Gasteiger partial charge on any atom is 0.269 e. The largest absolute Gasteiger partial charge is 0.497 e. The Labute approximate surface area is 137 Å². The number of ether oxygens (including phenoxy) is 1.